The summed E-state index contributed by atoms with van der Waals surface area (Å²) in [6.45, 7) is 3.09. The van der Waals surface area contributed by atoms with Crippen molar-refractivity contribution in [2.45, 2.75) is 39.0 Å². The Morgan fingerprint density at radius 2 is 2.00 bits per heavy atom. The molecule has 0 unspecified atom stereocenters. The van der Waals surface area contributed by atoms with Gasteiger partial charge in [0.15, 0.2) is 11.5 Å². The lowest BCUT2D eigenvalue weighted by Gasteiger charge is -2.12. The van der Waals surface area contributed by atoms with Crippen LogP contribution in [-0.2, 0) is 16.0 Å². The molecule has 0 aliphatic heterocycles. The number of aliphatic carboxylic acids is 1. The van der Waals surface area contributed by atoms with E-state index in [1.807, 2.05) is 25.1 Å². The highest BCUT2D eigenvalue weighted by Crippen LogP contribution is 2.31. The number of amides is 1. The van der Waals surface area contributed by atoms with Crippen LogP contribution in [0.2, 0.25) is 0 Å². The smallest absolute Gasteiger partial charge is 0.306 e. The number of carboxylic acid groups (broad SMARTS) is 1. The van der Waals surface area contributed by atoms with Gasteiger partial charge in [0.25, 0.3) is 0 Å². The van der Waals surface area contributed by atoms with Crippen molar-refractivity contribution >= 4 is 11.9 Å². The Balaban J connectivity index is 1.75. The van der Waals surface area contributed by atoms with Crippen molar-refractivity contribution in [2.75, 3.05) is 20.3 Å². The zero-order valence-electron chi connectivity index (χ0n) is 14.9. The van der Waals surface area contributed by atoms with Crippen LogP contribution in [0, 0.1) is 11.8 Å². The molecule has 1 aliphatic rings. The van der Waals surface area contributed by atoms with Gasteiger partial charge in [-0.15, -0.1) is 0 Å². The number of nitrogens with one attached hydrogen (secondary N) is 1. The van der Waals surface area contributed by atoms with Gasteiger partial charge in [0.2, 0.25) is 5.91 Å². The molecule has 6 nitrogen and oxygen atoms in total. The highest BCUT2D eigenvalue weighted by molar-refractivity contribution is 5.80. The third kappa shape index (κ3) is 5.37. The minimum Gasteiger partial charge on any atom is -0.493 e. The second kappa shape index (κ2) is 9.30. The first-order chi connectivity index (χ1) is 12.0. The second-order valence-electron chi connectivity index (χ2n) is 6.36. The van der Waals surface area contributed by atoms with E-state index in [0.717, 1.165) is 24.2 Å². The molecular weight excluding hydrogens is 322 g/mol. The number of benzene rings is 1. The maximum atomic E-state index is 12.1. The summed E-state index contributed by atoms with van der Waals surface area (Å²) in [4.78, 5) is 23.1. The average Bonchev–Trinajstić information content (AvgIpc) is 3.09. The Morgan fingerprint density at radius 3 is 2.64 bits per heavy atom. The summed E-state index contributed by atoms with van der Waals surface area (Å²) in [6, 6.07) is 5.86. The van der Waals surface area contributed by atoms with Crippen molar-refractivity contribution < 1.29 is 24.2 Å². The standard InChI is InChI=1S/C19H27NO5/c1-3-25-17-11-13(6-9-16(17)24-2)5-4-10-20-18(21)14-7-8-15(12-14)19(22)23/h6,9,11,14-15H,3-5,7-8,10,12H2,1-2H3,(H,20,21)(H,22,23)/t14-,15+/m1/s1. The van der Waals surface area contributed by atoms with Crippen molar-refractivity contribution in [2.24, 2.45) is 11.8 Å². The highest BCUT2D eigenvalue weighted by atomic mass is 16.5. The summed E-state index contributed by atoms with van der Waals surface area (Å²) in [6.07, 6.45) is 3.36. The Hall–Kier alpha value is -2.24. The van der Waals surface area contributed by atoms with E-state index >= 15 is 0 Å². The molecular formula is C19H27NO5. The summed E-state index contributed by atoms with van der Waals surface area (Å²) in [5.74, 6) is 0.109. The predicted molar refractivity (Wildman–Crippen MR) is 94.0 cm³/mol. The van der Waals surface area contributed by atoms with Crippen LogP contribution in [0.25, 0.3) is 0 Å². The molecule has 1 fully saturated rings. The number of carbonyl (C=O) groups is 2. The van der Waals surface area contributed by atoms with E-state index < -0.39 is 5.97 Å². The first kappa shape index (κ1) is 19.1. The van der Waals surface area contributed by atoms with Gasteiger partial charge >= 0.3 is 5.97 Å². The van der Waals surface area contributed by atoms with Crippen molar-refractivity contribution in [1.82, 2.24) is 5.32 Å². The molecule has 0 heterocycles. The maximum absolute atomic E-state index is 12.1. The molecule has 2 rings (SSSR count). The van der Waals surface area contributed by atoms with E-state index in [0.29, 0.717) is 38.2 Å². The largest absolute Gasteiger partial charge is 0.493 e. The van der Waals surface area contributed by atoms with Crippen LogP contribution in [0.4, 0.5) is 0 Å². The van der Waals surface area contributed by atoms with Crippen molar-refractivity contribution in [3.63, 3.8) is 0 Å². The van der Waals surface area contributed by atoms with E-state index in [2.05, 4.69) is 5.32 Å². The molecule has 1 aromatic rings. The van der Waals surface area contributed by atoms with Crippen LogP contribution >= 0.6 is 0 Å². The molecule has 1 aromatic carbocycles. The minimum absolute atomic E-state index is 0.0199. The average molecular weight is 349 g/mol. The van der Waals surface area contributed by atoms with Gasteiger partial charge in [-0.25, -0.2) is 0 Å². The van der Waals surface area contributed by atoms with Gasteiger partial charge < -0.3 is 19.9 Å². The molecule has 1 aliphatic carbocycles. The SMILES string of the molecule is CCOc1cc(CCCNC(=O)[C@@H]2CC[C@H](C(=O)O)C2)ccc1OC. The fourth-order valence-electron chi connectivity index (χ4n) is 3.24. The van der Waals surface area contributed by atoms with Gasteiger partial charge in [-0.05, 0) is 56.7 Å². The summed E-state index contributed by atoms with van der Waals surface area (Å²) in [7, 11) is 1.62. The van der Waals surface area contributed by atoms with Gasteiger partial charge in [-0.2, -0.15) is 0 Å². The monoisotopic (exact) mass is 349 g/mol. The first-order valence-corrected chi connectivity index (χ1v) is 8.85. The predicted octanol–water partition coefficient (Wildman–Crippen LogP) is 2.64. The molecule has 0 radical (unpaired) electrons. The van der Waals surface area contributed by atoms with Crippen LogP contribution in [0.5, 0.6) is 11.5 Å². The first-order valence-electron chi connectivity index (χ1n) is 8.85. The summed E-state index contributed by atoms with van der Waals surface area (Å²) >= 11 is 0. The summed E-state index contributed by atoms with van der Waals surface area (Å²) < 4.78 is 10.8. The van der Waals surface area contributed by atoms with Gasteiger partial charge in [0.05, 0.1) is 19.6 Å². The fraction of sp³-hybridized carbons (Fsp3) is 0.579. The van der Waals surface area contributed by atoms with E-state index in [-0.39, 0.29) is 17.7 Å². The van der Waals surface area contributed by atoms with Crippen LogP contribution in [0.1, 0.15) is 38.2 Å². The van der Waals surface area contributed by atoms with E-state index in [1.54, 1.807) is 7.11 Å². The number of hydrogen-bond acceptors (Lipinski definition) is 4. The molecule has 138 valence electrons. The Morgan fingerprint density at radius 1 is 1.24 bits per heavy atom. The zero-order chi connectivity index (χ0) is 18.2. The van der Waals surface area contributed by atoms with E-state index in [9.17, 15) is 9.59 Å². The molecule has 1 saturated carbocycles. The fourth-order valence-corrected chi connectivity index (χ4v) is 3.24. The molecule has 25 heavy (non-hydrogen) atoms. The Kier molecular flexibility index (Phi) is 7.10. The topological polar surface area (TPSA) is 84.9 Å². The lowest BCUT2D eigenvalue weighted by atomic mass is 10.0. The van der Waals surface area contributed by atoms with Gasteiger partial charge in [0.1, 0.15) is 0 Å². The zero-order valence-corrected chi connectivity index (χ0v) is 14.9. The van der Waals surface area contributed by atoms with Gasteiger partial charge in [0, 0.05) is 12.5 Å². The number of methoxy groups -OCH3 is 1. The number of carbonyl (C=O) groups excluding carboxylic acids is 1. The molecule has 0 bridgehead atoms. The van der Waals surface area contributed by atoms with Gasteiger partial charge in [-0.1, -0.05) is 6.07 Å². The van der Waals surface area contributed by atoms with Crippen LogP contribution in [-0.4, -0.2) is 37.2 Å². The summed E-state index contributed by atoms with van der Waals surface area (Å²) in [5.41, 5.74) is 1.13. The van der Waals surface area contributed by atoms with Crippen molar-refractivity contribution in [3.8, 4) is 11.5 Å². The van der Waals surface area contributed by atoms with E-state index in [4.69, 9.17) is 14.6 Å². The van der Waals surface area contributed by atoms with Crippen LogP contribution in [0.15, 0.2) is 18.2 Å². The molecule has 2 atom stereocenters. The molecule has 1 amide bonds. The maximum Gasteiger partial charge on any atom is 0.306 e. The minimum atomic E-state index is -0.792. The van der Waals surface area contributed by atoms with Crippen LogP contribution in [0.3, 0.4) is 0 Å². The molecule has 6 heteroatoms. The molecule has 2 N–H and O–H groups in total. The Bertz CT molecular complexity index is 601. The van der Waals surface area contributed by atoms with Crippen LogP contribution < -0.4 is 14.8 Å². The van der Waals surface area contributed by atoms with Crippen molar-refractivity contribution in [1.29, 1.82) is 0 Å². The van der Waals surface area contributed by atoms with E-state index in [1.165, 1.54) is 0 Å². The number of hydrogen-bond donors (Lipinski definition) is 2. The van der Waals surface area contributed by atoms with Crippen molar-refractivity contribution in [3.05, 3.63) is 23.8 Å². The quantitative estimate of drug-likeness (QED) is 0.670. The number of ether oxygens (including phenoxy) is 2. The third-order valence-corrected chi connectivity index (χ3v) is 4.62. The lowest BCUT2D eigenvalue weighted by Crippen LogP contribution is -2.30. The number of rotatable bonds is 9. The molecule has 0 spiro atoms. The second-order valence-corrected chi connectivity index (χ2v) is 6.36. The number of aryl methyl sites for hydroxylation is 1. The Labute approximate surface area is 148 Å². The summed E-state index contributed by atoms with van der Waals surface area (Å²) in [5, 5.41) is 11.9. The molecule has 0 saturated heterocycles. The lowest BCUT2D eigenvalue weighted by molar-refractivity contribution is -0.141. The van der Waals surface area contributed by atoms with Gasteiger partial charge in [-0.3, -0.25) is 9.59 Å². The highest BCUT2D eigenvalue weighted by Gasteiger charge is 2.33. The third-order valence-electron chi connectivity index (χ3n) is 4.62. The number of carboxylic acids is 1. The normalized spacial score (nSPS) is 19.4. The molecule has 0 aromatic heterocycles.